The number of rotatable bonds is 4. The normalized spacial score (nSPS) is 13.0. The highest BCUT2D eigenvalue weighted by Crippen LogP contribution is 2.37. The van der Waals surface area contributed by atoms with Gasteiger partial charge in [0.2, 0.25) is 0 Å². The SMILES string of the molecule is COc1ccc(N2Cc3cccc(C(=O)O)c3C2=O)c(OC)c1. The van der Waals surface area contributed by atoms with Crippen LogP contribution in [0.4, 0.5) is 5.69 Å². The van der Waals surface area contributed by atoms with Gasteiger partial charge in [0, 0.05) is 6.07 Å². The molecule has 2 aromatic carbocycles. The average molecular weight is 313 g/mol. The third-order valence-corrected chi connectivity index (χ3v) is 3.85. The van der Waals surface area contributed by atoms with Crippen molar-refractivity contribution in [2.75, 3.05) is 19.1 Å². The molecule has 6 heteroatoms. The molecule has 0 saturated carbocycles. The molecule has 1 amide bonds. The second-order valence-corrected chi connectivity index (χ2v) is 5.07. The Bertz CT molecular complexity index is 800. The van der Waals surface area contributed by atoms with Crippen LogP contribution in [0.3, 0.4) is 0 Å². The summed E-state index contributed by atoms with van der Waals surface area (Å²) in [5.74, 6) is -0.358. The number of benzene rings is 2. The van der Waals surface area contributed by atoms with Gasteiger partial charge in [-0.2, -0.15) is 0 Å². The first-order valence-corrected chi connectivity index (χ1v) is 6.96. The largest absolute Gasteiger partial charge is 0.497 e. The quantitative estimate of drug-likeness (QED) is 0.939. The predicted molar refractivity (Wildman–Crippen MR) is 83.5 cm³/mol. The third kappa shape index (κ3) is 2.38. The molecule has 1 aliphatic heterocycles. The lowest BCUT2D eigenvalue weighted by Crippen LogP contribution is -2.24. The molecule has 23 heavy (non-hydrogen) atoms. The molecule has 118 valence electrons. The lowest BCUT2D eigenvalue weighted by atomic mass is 10.0. The Morgan fingerprint density at radius 1 is 1.17 bits per heavy atom. The second kappa shape index (κ2) is 5.64. The van der Waals surface area contributed by atoms with Crippen LogP contribution in [-0.4, -0.2) is 31.2 Å². The minimum Gasteiger partial charge on any atom is -0.497 e. The summed E-state index contributed by atoms with van der Waals surface area (Å²) in [7, 11) is 3.05. The molecule has 0 unspecified atom stereocenters. The van der Waals surface area contributed by atoms with E-state index >= 15 is 0 Å². The van der Waals surface area contributed by atoms with Crippen LogP contribution in [0, 0.1) is 0 Å². The summed E-state index contributed by atoms with van der Waals surface area (Å²) in [6.07, 6.45) is 0. The van der Waals surface area contributed by atoms with E-state index in [4.69, 9.17) is 9.47 Å². The van der Waals surface area contributed by atoms with E-state index in [0.717, 1.165) is 0 Å². The molecule has 0 bridgehead atoms. The van der Waals surface area contributed by atoms with Gasteiger partial charge < -0.3 is 19.5 Å². The summed E-state index contributed by atoms with van der Waals surface area (Å²) in [6.45, 7) is 0.304. The first-order valence-electron chi connectivity index (χ1n) is 6.96. The molecule has 1 N–H and O–H groups in total. The van der Waals surface area contributed by atoms with Crippen molar-refractivity contribution >= 4 is 17.6 Å². The fourth-order valence-electron chi connectivity index (χ4n) is 2.74. The Labute approximate surface area is 132 Å². The molecule has 3 rings (SSSR count). The van der Waals surface area contributed by atoms with Crippen LogP contribution in [0.15, 0.2) is 36.4 Å². The molecule has 1 heterocycles. The molecule has 0 fully saturated rings. The van der Waals surface area contributed by atoms with Crippen LogP contribution in [0.25, 0.3) is 0 Å². The lowest BCUT2D eigenvalue weighted by molar-refractivity contribution is 0.0692. The summed E-state index contributed by atoms with van der Waals surface area (Å²) >= 11 is 0. The second-order valence-electron chi connectivity index (χ2n) is 5.07. The highest BCUT2D eigenvalue weighted by Gasteiger charge is 2.34. The highest BCUT2D eigenvalue weighted by molar-refractivity contribution is 6.15. The third-order valence-electron chi connectivity index (χ3n) is 3.85. The average Bonchev–Trinajstić information content (AvgIpc) is 2.91. The van der Waals surface area contributed by atoms with E-state index in [0.29, 0.717) is 29.3 Å². The van der Waals surface area contributed by atoms with E-state index < -0.39 is 5.97 Å². The van der Waals surface area contributed by atoms with Gasteiger partial charge >= 0.3 is 5.97 Å². The summed E-state index contributed by atoms with van der Waals surface area (Å²) in [4.78, 5) is 25.6. The van der Waals surface area contributed by atoms with Crippen molar-refractivity contribution in [3.05, 3.63) is 53.1 Å². The Balaban J connectivity index is 2.06. The van der Waals surface area contributed by atoms with Gasteiger partial charge in [-0.15, -0.1) is 0 Å². The van der Waals surface area contributed by atoms with Crippen LogP contribution in [0.5, 0.6) is 11.5 Å². The number of nitrogens with zero attached hydrogens (tertiary/aromatic N) is 1. The van der Waals surface area contributed by atoms with Gasteiger partial charge in [-0.05, 0) is 23.8 Å². The van der Waals surface area contributed by atoms with Crippen molar-refractivity contribution in [3.63, 3.8) is 0 Å². The highest BCUT2D eigenvalue weighted by atomic mass is 16.5. The zero-order valence-corrected chi connectivity index (χ0v) is 12.7. The number of carbonyl (C=O) groups is 2. The van der Waals surface area contributed by atoms with E-state index in [1.807, 2.05) is 0 Å². The number of methoxy groups -OCH3 is 2. The molecule has 0 atom stereocenters. The fourth-order valence-corrected chi connectivity index (χ4v) is 2.74. The van der Waals surface area contributed by atoms with Crippen LogP contribution < -0.4 is 14.4 Å². The standard InChI is InChI=1S/C17H15NO5/c1-22-11-6-7-13(14(8-11)23-2)18-9-10-4-3-5-12(17(20)21)15(10)16(18)19/h3-8H,9H2,1-2H3,(H,20,21). The molecule has 2 aromatic rings. The van der Waals surface area contributed by atoms with E-state index in [9.17, 15) is 14.7 Å². The topological polar surface area (TPSA) is 76.1 Å². The summed E-state index contributed by atoms with van der Waals surface area (Å²) in [5.41, 5.74) is 1.51. The monoisotopic (exact) mass is 313 g/mol. The maximum absolute atomic E-state index is 12.7. The van der Waals surface area contributed by atoms with Crippen molar-refractivity contribution < 1.29 is 24.2 Å². The van der Waals surface area contributed by atoms with Gasteiger partial charge in [-0.3, -0.25) is 4.79 Å². The Morgan fingerprint density at radius 2 is 1.96 bits per heavy atom. The molecule has 1 aliphatic rings. The Hall–Kier alpha value is -3.02. The van der Waals surface area contributed by atoms with Gasteiger partial charge in [0.05, 0.1) is 37.6 Å². The lowest BCUT2D eigenvalue weighted by Gasteiger charge is -2.19. The van der Waals surface area contributed by atoms with E-state index in [1.54, 1.807) is 37.4 Å². The Morgan fingerprint density at radius 3 is 2.61 bits per heavy atom. The summed E-state index contributed by atoms with van der Waals surface area (Å²) in [5, 5.41) is 9.28. The van der Waals surface area contributed by atoms with Crippen molar-refractivity contribution in [1.29, 1.82) is 0 Å². The van der Waals surface area contributed by atoms with Crippen molar-refractivity contribution in [3.8, 4) is 11.5 Å². The number of amides is 1. The van der Waals surface area contributed by atoms with Crippen molar-refractivity contribution in [2.24, 2.45) is 0 Å². The smallest absolute Gasteiger partial charge is 0.336 e. The summed E-state index contributed by atoms with van der Waals surface area (Å²) in [6, 6.07) is 9.98. The maximum Gasteiger partial charge on any atom is 0.336 e. The number of ether oxygens (including phenoxy) is 2. The van der Waals surface area contributed by atoms with Crippen LogP contribution in [-0.2, 0) is 6.54 Å². The number of aromatic carboxylic acids is 1. The number of carbonyl (C=O) groups excluding carboxylic acids is 1. The number of hydrogen-bond acceptors (Lipinski definition) is 4. The minimum atomic E-state index is -1.11. The number of carboxylic acids is 1. The zero-order valence-electron chi connectivity index (χ0n) is 12.7. The maximum atomic E-state index is 12.7. The molecule has 0 spiro atoms. The predicted octanol–water partition coefficient (Wildman–Crippen LogP) is 2.56. The van der Waals surface area contributed by atoms with E-state index in [-0.39, 0.29) is 17.0 Å². The molecule has 0 aliphatic carbocycles. The van der Waals surface area contributed by atoms with Crippen molar-refractivity contribution in [2.45, 2.75) is 6.54 Å². The molecule has 0 radical (unpaired) electrons. The van der Waals surface area contributed by atoms with Crippen LogP contribution >= 0.6 is 0 Å². The van der Waals surface area contributed by atoms with Gasteiger partial charge in [-0.25, -0.2) is 4.79 Å². The van der Waals surface area contributed by atoms with Crippen LogP contribution in [0.2, 0.25) is 0 Å². The van der Waals surface area contributed by atoms with Gasteiger partial charge in [0.25, 0.3) is 5.91 Å². The fraction of sp³-hybridized carbons (Fsp3) is 0.176. The van der Waals surface area contributed by atoms with E-state index in [2.05, 4.69) is 0 Å². The number of anilines is 1. The minimum absolute atomic E-state index is 0.0162. The zero-order chi connectivity index (χ0) is 16.6. The first-order chi connectivity index (χ1) is 11.1. The molecular formula is C17H15NO5. The number of carboxylic acid groups (broad SMARTS) is 1. The van der Waals surface area contributed by atoms with E-state index in [1.165, 1.54) is 18.1 Å². The number of hydrogen-bond donors (Lipinski definition) is 1. The number of fused-ring (bicyclic) bond motifs is 1. The van der Waals surface area contributed by atoms with Gasteiger partial charge in [-0.1, -0.05) is 12.1 Å². The molecule has 0 saturated heterocycles. The summed E-state index contributed by atoms with van der Waals surface area (Å²) < 4.78 is 10.5. The van der Waals surface area contributed by atoms with Crippen LogP contribution in [0.1, 0.15) is 26.3 Å². The van der Waals surface area contributed by atoms with Gasteiger partial charge in [0.15, 0.2) is 0 Å². The molecular weight excluding hydrogens is 298 g/mol. The van der Waals surface area contributed by atoms with Crippen molar-refractivity contribution in [1.82, 2.24) is 0 Å². The molecule has 6 nitrogen and oxygen atoms in total. The van der Waals surface area contributed by atoms with Gasteiger partial charge in [0.1, 0.15) is 11.5 Å². The Kier molecular flexibility index (Phi) is 3.65. The first kappa shape index (κ1) is 14.9. The molecule has 0 aromatic heterocycles.